The van der Waals surface area contributed by atoms with Crippen LogP contribution in [-0.2, 0) is 19.1 Å². The van der Waals surface area contributed by atoms with Gasteiger partial charge in [-0.3, -0.25) is 9.59 Å². The number of nitrogens with one attached hydrogen (secondary N) is 1. The van der Waals surface area contributed by atoms with E-state index in [9.17, 15) is 14.4 Å². The van der Waals surface area contributed by atoms with Crippen LogP contribution in [0.1, 0.15) is 59.3 Å². The number of hydrogen-bond donors (Lipinski definition) is 3. The van der Waals surface area contributed by atoms with E-state index in [-0.39, 0.29) is 18.9 Å². The summed E-state index contributed by atoms with van der Waals surface area (Å²) in [7, 11) is 0. The smallest absolute Gasteiger partial charge is 0.326 e. The van der Waals surface area contributed by atoms with E-state index in [0.29, 0.717) is 19.3 Å². The van der Waals surface area contributed by atoms with Crippen LogP contribution in [0.2, 0.25) is 0 Å². The van der Waals surface area contributed by atoms with Crippen molar-refractivity contribution in [1.82, 2.24) is 5.32 Å². The van der Waals surface area contributed by atoms with Gasteiger partial charge in [0.05, 0.1) is 6.61 Å². The SMILES string of the molecule is CCOC(=O)[C@@](C)(N)CC#CCCCCC[C@H](NC(C)=O)C(=O)O. The van der Waals surface area contributed by atoms with Gasteiger partial charge in [0.2, 0.25) is 5.91 Å². The Morgan fingerprint density at radius 1 is 1.25 bits per heavy atom. The lowest BCUT2D eigenvalue weighted by Crippen LogP contribution is -2.45. The van der Waals surface area contributed by atoms with E-state index in [4.69, 9.17) is 15.6 Å². The molecule has 0 bridgehead atoms. The topological polar surface area (TPSA) is 119 Å². The maximum Gasteiger partial charge on any atom is 0.326 e. The summed E-state index contributed by atoms with van der Waals surface area (Å²) in [6, 6.07) is -0.837. The van der Waals surface area contributed by atoms with Crippen LogP contribution in [0.25, 0.3) is 0 Å². The van der Waals surface area contributed by atoms with Gasteiger partial charge in [0.25, 0.3) is 0 Å². The van der Waals surface area contributed by atoms with E-state index in [2.05, 4.69) is 17.2 Å². The maximum absolute atomic E-state index is 11.6. The Morgan fingerprint density at radius 3 is 2.46 bits per heavy atom. The highest BCUT2D eigenvalue weighted by Gasteiger charge is 2.28. The number of carbonyl (C=O) groups excluding carboxylic acids is 2. The quantitative estimate of drug-likeness (QED) is 0.312. The lowest BCUT2D eigenvalue weighted by atomic mass is 10.00. The number of carbonyl (C=O) groups is 3. The zero-order chi connectivity index (χ0) is 18.6. The second-order valence-electron chi connectivity index (χ2n) is 5.86. The number of carboxylic acid groups (broad SMARTS) is 1. The molecule has 0 aliphatic rings. The van der Waals surface area contributed by atoms with Gasteiger partial charge in [-0.15, -0.1) is 11.8 Å². The lowest BCUT2D eigenvalue weighted by Gasteiger charge is -2.18. The summed E-state index contributed by atoms with van der Waals surface area (Å²) in [6.07, 6.45) is 3.60. The maximum atomic E-state index is 11.6. The third-order valence-corrected chi connectivity index (χ3v) is 3.29. The molecule has 0 aliphatic heterocycles. The molecule has 0 saturated heterocycles. The molecule has 0 radical (unpaired) electrons. The average Bonchev–Trinajstić information content (AvgIpc) is 2.48. The van der Waals surface area contributed by atoms with Crippen molar-refractivity contribution in [2.24, 2.45) is 5.73 Å². The largest absolute Gasteiger partial charge is 0.480 e. The van der Waals surface area contributed by atoms with Gasteiger partial charge >= 0.3 is 11.9 Å². The molecule has 0 saturated carbocycles. The van der Waals surface area contributed by atoms with E-state index in [1.165, 1.54) is 6.92 Å². The Morgan fingerprint density at radius 2 is 1.92 bits per heavy atom. The molecular weight excluding hydrogens is 312 g/mol. The van der Waals surface area contributed by atoms with Crippen molar-refractivity contribution in [2.45, 2.75) is 70.9 Å². The molecule has 0 heterocycles. The van der Waals surface area contributed by atoms with Crippen molar-refractivity contribution in [2.75, 3.05) is 6.61 Å². The highest BCUT2D eigenvalue weighted by Crippen LogP contribution is 2.08. The first-order valence-electron chi connectivity index (χ1n) is 8.12. The fraction of sp³-hybridized carbons (Fsp3) is 0.706. The number of unbranched alkanes of at least 4 members (excludes halogenated alkanes) is 3. The minimum absolute atomic E-state index is 0.232. The van der Waals surface area contributed by atoms with E-state index in [0.717, 1.165) is 12.8 Å². The zero-order valence-corrected chi connectivity index (χ0v) is 14.7. The Bertz CT molecular complexity index is 491. The molecule has 0 spiro atoms. The molecule has 0 unspecified atom stereocenters. The second kappa shape index (κ2) is 11.5. The van der Waals surface area contributed by atoms with E-state index >= 15 is 0 Å². The molecule has 4 N–H and O–H groups in total. The van der Waals surface area contributed by atoms with Crippen LogP contribution in [0.5, 0.6) is 0 Å². The summed E-state index contributed by atoms with van der Waals surface area (Å²) in [5.41, 5.74) is 4.74. The Kier molecular flexibility index (Phi) is 10.5. The van der Waals surface area contributed by atoms with E-state index in [1.807, 2.05) is 0 Å². The van der Waals surface area contributed by atoms with Crippen LogP contribution < -0.4 is 11.1 Å². The number of nitrogens with two attached hydrogens (primary N) is 1. The Labute approximate surface area is 143 Å². The van der Waals surface area contributed by atoms with Crippen LogP contribution in [0, 0.1) is 11.8 Å². The monoisotopic (exact) mass is 340 g/mol. The van der Waals surface area contributed by atoms with E-state index in [1.54, 1.807) is 13.8 Å². The third kappa shape index (κ3) is 9.85. The molecule has 7 heteroatoms. The molecule has 7 nitrogen and oxygen atoms in total. The Hall–Kier alpha value is -2.07. The van der Waals surface area contributed by atoms with Crippen LogP contribution in [0.4, 0.5) is 0 Å². The minimum atomic E-state index is -1.10. The first-order valence-corrected chi connectivity index (χ1v) is 8.12. The number of aliphatic carboxylic acids is 1. The summed E-state index contributed by atoms with van der Waals surface area (Å²) in [5, 5.41) is 11.4. The highest BCUT2D eigenvalue weighted by atomic mass is 16.5. The van der Waals surface area contributed by atoms with Gasteiger partial charge in [-0.05, 0) is 26.7 Å². The van der Waals surface area contributed by atoms with Gasteiger partial charge in [-0.25, -0.2) is 4.79 Å². The first-order chi connectivity index (χ1) is 11.2. The first kappa shape index (κ1) is 21.9. The summed E-state index contributed by atoms with van der Waals surface area (Å²) < 4.78 is 4.88. The van der Waals surface area contributed by atoms with Crippen molar-refractivity contribution in [3.05, 3.63) is 0 Å². The molecule has 0 aromatic carbocycles. The van der Waals surface area contributed by atoms with Crippen LogP contribution in [0.15, 0.2) is 0 Å². The third-order valence-electron chi connectivity index (χ3n) is 3.29. The number of carboxylic acids is 1. The lowest BCUT2D eigenvalue weighted by molar-refractivity contribution is -0.148. The molecule has 0 aliphatic carbocycles. The molecule has 24 heavy (non-hydrogen) atoms. The zero-order valence-electron chi connectivity index (χ0n) is 14.7. The Balaban J connectivity index is 3.97. The van der Waals surface area contributed by atoms with Gasteiger partial charge < -0.3 is 20.9 Å². The highest BCUT2D eigenvalue weighted by molar-refractivity contribution is 5.82. The number of esters is 1. The summed E-state index contributed by atoms with van der Waals surface area (Å²) in [6.45, 7) is 4.90. The van der Waals surface area contributed by atoms with Gasteiger partial charge in [-0.1, -0.05) is 12.8 Å². The summed E-state index contributed by atoms with van der Waals surface area (Å²) in [5.74, 6) is 4.01. The molecule has 136 valence electrons. The van der Waals surface area contributed by atoms with Crippen molar-refractivity contribution in [1.29, 1.82) is 0 Å². The molecule has 0 rings (SSSR count). The van der Waals surface area contributed by atoms with Gasteiger partial charge in [0, 0.05) is 19.8 Å². The minimum Gasteiger partial charge on any atom is -0.480 e. The molecule has 0 aromatic heterocycles. The van der Waals surface area contributed by atoms with Gasteiger partial charge in [0.1, 0.15) is 11.6 Å². The van der Waals surface area contributed by atoms with Crippen LogP contribution >= 0.6 is 0 Å². The number of amides is 1. The molecule has 0 fully saturated rings. The van der Waals surface area contributed by atoms with Gasteiger partial charge in [-0.2, -0.15) is 0 Å². The molecule has 1 amide bonds. The molecular formula is C17H28N2O5. The van der Waals surface area contributed by atoms with Crippen molar-refractivity contribution in [3.63, 3.8) is 0 Å². The standard InChI is InChI=1S/C17H28N2O5/c1-4-24-16(23)17(3,18)12-10-8-6-5-7-9-11-14(15(21)22)19-13(2)20/h14H,4-7,9,11-12,18H2,1-3H3,(H,19,20)(H,21,22)/t14-,17-/m0/s1. The normalized spacial score (nSPS) is 13.8. The predicted molar refractivity (Wildman–Crippen MR) is 89.9 cm³/mol. The molecule has 2 atom stereocenters. The van der Waals surface area contributed by atoms with E-state index < -0.39 is 23.5 Å². The summed E-state index contributed by atoms with van der Waals surface area (Å²) in [4.78, 5) is 33.4. The number of ether oxygens (including phenoxy) is 1. The average molecular weight is 340 g/mol. The molecule has 0 aromatic rings. The number of rotatable bonds is 10. The fourth-order valence-corrected chi connectivity index (χ4v) is 1.94. The fourth-order valence-electron chi connectivity index (χ4n) is 1.94. The number of hydrogen-bond acceptors (Lipinski definition) is 5. The van der Waals surface area contributed by atoms with Crippen molar-refractivity contribution >= 4 is 17.8 Å². The van der Waals surface area contributed by atoms with Crippen LogP contribution in [-0.4, -0.2) is 41.1 Å². The predicted octanol–water partition coefficient (Wildman–Crippen LogP) is 1.20. The summed E-state index contributed by atoms with van der Waals surface area (Å²) >= 11 is 0. The van der Waals surface area contributed by atoms with Crippen molar-refractivity contribution < 1.29 is 24.2 Å². The van der Waals surface area contributed by atoms with Crippen molar-refractivity contribution in [3.8, 4) is 11.8 Å². The van der Waals surface area contributed by atoms with Gasteiger partial charge in [0.15, 0.2) is 0 Å². The van der Waals surface area contributed by atoms with Crippen LogP contribution in [0.3, 0.4) is 0 Å². The second-order valence-corrected chi connectivity index (χ2v) is 5.86.